The Kier molecular flexibility index (Phi) is 8.34. The first-order valence-corrected chi connectivity index (χ1v) is 16.6. The lowest BCUT2D eigenvalue weighted by Crippen LogP contribution is -2.34. The third-order valence-corrected chi connectivity index (χ3v) is 8.09. The van der Waals surface area contributed by atoms with Gasteiger partial charge in [-0.05, 0) is 86.7 Å². The van der Waals surface area contributed by atoms with Crippen LogP contribution in [-0.2, 0) is 35.5 Å². The summed E-state index contributed by atoms with van der Waals surface area (Å²) in [4.78, 5) is 29.6. The molecule has 0 bridgehead atoms. The monoisotopic (exact) mass is 588 g/mol. The van der Waals surface area contributed by atoms with Gasteiger partial charge in [-0.2, -0.15) is 9.35 Å². The standard InChI is InChI=1S/C31H40N8O2S/c1-8-14-38-30(40)26-19-32-31(35-29(26)39(38)28-11-9-10-27(34-28)36-42(6,7)41)33-23-16-21-12-13-24(37(4)5)18-25(21)22(17-23)15-20(2)3/h8-11,16-17,19-20,24H,1,12-15,18H2,2-7H3,(H,32,33,35). The summed E-state index contributed by atoms with van der Waals surface area (Å²) in [6.07, 6.45) is 10.5. The quantitative estimate of drug-likeness (QED) is 0.278. The van der Waals surface area contributed by atoms with Crippen LogP contribution in [0.5, 0.6) is 0 Å². The minimum absolute atomic E-state index is 0.247. The molecule has 222 valence electrons. The first-order valence-electron chi connectivity index (χ1n) is 14.3. The van der Waals surface area contributed by atoms with Crippen molar-refractivity contribution in [1.82, 2.24) is 29.2 Å². The molecule has 4 aromatic rings. The largest absolute Gasteiger partial charge is 0.324 e. The predicted octanol–water partition coefficient (Wildman–Crippen LogP) is 4.88. The smallest absolute Gasteiger partial charge is 0.278 e. The second-order valence-corrected chi connectivity index (χ2v) is 14.4. The number of allylic oxidation sites excluding steroid dienone is 1. The molecule has 42 heavy (non-hydrogen) atoms. The van der Waals surface area contributed by atoms with Gasteiger partial charge in [-0.3, -0.25) is 4.79 Å². The van der Waals surface area contributed by atoms with Gasteiger partial charge in [-0.1, -0.05) is 26.0 Å². The Labute approximate surface area is 247 Å². The lowest BCUT2D eigenvalue weighted by atomic mass is 9.82. The fourth-order valence-electron chi connectivity index (χ4n) is 5.62. The lowest BCUT2D eigenvalue weighted by Gasteiger charge is -2.32. The highest BCUT2D eigenvalue weighted by atomic mass is 32.2. The number of nitrogens with zero attached hydrogens (tertiary/aromatic N) is 7. The molecule has 0 fully saturated rings. The lowest BCUT2D eigenvalue weighted by molar-refractivity contribution is 0.267. The molecule has 1 aliphatic carbocycles. The molecule has 5 rings (SSSR count). The molecule has 1 aliphatic rings. The number of fused-ring (bicyclic) bond motifs is 2. The van der Waals surface area contributed by atoms with Gasteiger partial charge in [0.05, 0.1) is 6.54 Å². The Morgan fingerprint density at radius 2 is 2.02 bits per heavy atom. The second-order valence-electron chi connectivity index (χ2n) is 11.9. The van der Waals surface area contributed by atoms with Crippen LogP contribution in [0.3, 0.4) is 0 Å². The molecule has 11 heteroatoms. The van der Waals surface area contributed by atoms with E-state index in [0.717, 1.165) is 31.4 Å². The second kappa shape index (κ2) is 11.8. The number of nitrogens with one attached hydrogen (secondary N) is 1. The molecule has 3 aromatic heterocycles. The van der Waals surface area contributed by atoms with Gasteiger partial charge in [-0.15, -0.1) is 6.58 Å². The molecule has 1 aromatic carbocycles. The number of hydrogen-bond donors (Lipinski definition) is 1. The van der Waals surface area contributed by atoms with E-state index in [1.807, 2.05) is 0 Å². The molecule has 10 nitrogen and oxygen atoms in total. The Bertz CT molecular complexity index is 1820. The summed E-state index contributed by atoms with van der Waals surface area (Å²) in [5, 5.41) is 3.78. The summed E-state index contributed by atoms with van der Waals surface area (Å²) in [5.74, 6) is 1.66. The van der Waals surface area contributed by atoms with E-state index in [1.54, 1.807) is 47.7 Å². The molecule has 0 amide bonds. The number of hydrogen-bond acceptors (Lipinski definition) is 8. The molecule has 0 spiro atoms. The molecule has 1 N–H and O–H groups in total. The summed E-state index contributed by atoms with van der Waals surface area (Å²) >= 11 is 0. The highest BCUT2D eigenvalue weighted by molar-refractivity contribution is 7.92. The average Bonchev–Trinajstić information content (AvgIpc) is 3.18. The van der Waals surface area contributed by atoms with Crippen molar-refractivity contribution >= 4 is 38.2 Å². The average molecular weight is 589 g/mol. The fourth-order valence-corrected chi connectivity index (χ4v) is 6.17. The first-order chi connectivity index (χ1) is 19.9. The van der Waals surface area contributed by atoms with Crippen molar-refractivity contribution in [1.29, 1.82) is 0 Å². The summed E-state index contributed by atoms with van der Waals surface area (Å²) in [6.45, 7) is 8.56. The Balaban J connectivity index is 1.59. The summed E-state index contributed by atoms with van der Waals surface area (Å²) < 4.78 is 19.7. The maximum atomic E-state index is 13.4. The summed E-state index contributed by atoms with van der Waals surface area (Å²) in [5.41, 5.74) is 5.29. The zero-order valence-electron chi connectivity index (χ0n) is 25.3. The van der Waals surface area contributed by atoms with Gasteiger partial charge < -0.3 is 10.2 Å². The van der Waals surface area contributed by atoms with Crippen molar-refractivity contribution in [3.8, 4) is 5.82 Å². The number of aromatic nitrogens is 5. The number of benzene rings is 1. The summed E-state index contributed by atoms with van der Waals surface area (Å²) in [6, 6.07) is 10.2. The third kappa shape index (κ3) is 6.32. The molecule has 0 saturated heterocycles. The highest BCUT2D eigenvalue weighted by Crippen LogP contribution is 2.32. The topological polar surface area (TPSA) is 110 Å². The van der Waals surface area contributed by atoms with Crippen molar-refractivity contribution in [2.24, 2.45) is 10.3 Å². The SMILES string of the molecule is C=CCn1c(=O)c2cnc(Nc3cc4c(c(CC(C)C)c3)CC(N(C)C)CC4)nc2n1-c1cccc(N=S(C)(C)=O)n1. The zero-order chi connectivity index (χ0) is 30.2. The molecular formula is C31H40N8O2S. The van der Waals surface area contributed by atoms with Gasteiger partial charge in [0.25, 0.3) is 5.56 Å². The third-order valence-electron chi connectivity index (χ3n) is 7.46. The molecule has 0 saturated carbocycles. The van der Waals surface area contributed by atoms with Crippen LogP contribution in [0.15, 0.2) is 58.3 Å². The van der Waals surface area contributed by atoms with Crippen molar-refractivity contribution in [3.63, 3.8) is 0 Å². The van der Waals surface area contributed by atoms with E-state index in [0.29, 0.717) is 40.6 Å². The normalized spacial score (nSPS) is 15.3. The minimum atomic E-state index is -2.42. The molecular weight excluding hydrogens is 548 g/mol. The van der Waals surface area contributed by atoms with E-state index in [2.05, 4.69) is 71.2 Å². The minimum Gasteiger partial charge on any atom is -0.324 e. The molecule has 0 radical (unpaired) electrons. The number of pyridine rings is 1. The van der Waals surface area contributed by atoms with Gasteiger partial charge in [0.15, 0.2) is 17.3 Å². The zero-order valence-corrected chi connectivity index (χ0v) is 26.1. The number of rotatable bonds is 9. The van der Waals surface area contributed by atoms with Gasteiger partial charge in [-0.25, -0.2) is 23.5 Å². The van der Waals surface area contributed by atoms with Crippen LogP contribution in [0, 0.1) is 5.92 Å². The van der Waals surface area contributed by atoms with Crippen LogP contribution in [0.4, 0.5) is 17.5 Å². The van der Waals surface area contributed by atoms with E-state index < -0.39 is 9.73 Å². The van der Waals surface area contributed by atoms with Crippen molar-refractivity contribution < 1.29 is 4.21 Å². The van der Waals surface area contributed by atoms with Gasteiger partial charge >= 0.3 is 0 Å². The van der Waals surface area contributed by atoms with Gasteiger partial charge in [0, 0.05) is 40.2 Å². The number of likely N-dealkylation sites (N-methyl/N-ethyl adjacent to an activating group) is 1. The van der Waals surface area contributed by atoms with E-state index in [-0.39, 0.29) is 12.1 Å². The fraction of sp³-hybridized carbons (Fsp3) is 0.419. The van der Waals surface area contributed by atoms with Crippen molar-refractivity contribution in [3.05, 3.63) is 76.2 Å². The number of aryl methyl sites for hydroxylation is 1. The molecule has 1 unspecified atom stereocenters. The predicted molar refractivity (Wildman–Crippen MR) is 171 cm³/mol. The maximum absolute atomic E-state index is 13.4. The van der Waals surface area contributed by atoms with Gasteiger partial charge in [0.1, 0.15) is 5.39 Å². The van der Waals surface area contributed by atoms with E-state index in [4.69, 9.17) is 4.98 Å². The van der Waals surface area contributed by atoms with Gasteiger partial charge in [0.2, 0.25) is 5.95 Å². The van der Waals surface area contributed by atoms with E-state index in [1.165, 1.54) is 21.4 Å². The van der Waals surface area contributed by atoms with Crippen molar-refractivity contribution in [2.75, 3.05) is 31.9 Å². The Hall–Kier alpha value is -3.83. The maximum Gasteiger partial charge on any atom is 0.278 e. The van der Waals surface area contributed by atoms with Crippen LogP contribution in [0.25, 0.3) is 16.9 Å². The first kappa shape index (κ1) is 29.7. The molecule has 1 atom stereocenters. The van der Waals surface area contributed by atoms with Crippen LogP contribution >= 0.6 is 0 Å². The van der Waals surface area contributed by atoms with E-state index >= 15 is 0 Å². The van der Waals surface area contributed by atoms with Crippen LogP contribution in [0.2, 0.25) is 0 Å². The van der Waals surface area contributed by atoms with Crippen molar-refractivity contribution in [2.45, 2.75) is 52.1 Å². The van der Waals surface area contributed by atoms with Crippen LogP contribution < -0.4 is 10.9 Å². The highest BCUT2D eigenvalue weighted by Gasteiger charge is 2.24. The molecule has 3 heterocycles. The number of anilines is 2. The summed E-state index contributed by atoms with van der Waals surface area (Å²) in [7, 11) is 1.90. The Morgan fingerprint density at radius 1 is 1.24 bits per heavy atom. The van der Waals surface area contributed by atoms with Crippen LogP contribution in [0.1, 0.15) is 37.0 Å². The molecule has 0 aliphatic heterocycles. The Morgan fingerprint density at radius 3 is 2.71 bits per heavy atom. The van der Waals surface area contributed by atoms with E-state index in [9.17, 15) is 9.00 Å². The van der Waals surface area contributed by atoms with Crippen LogP contribution in [-0.4, -0.2) is 66.1 Å².